The number of nitrogens with two attached hydrogens (primary N) is 1. The van der Waals surface area contributed by atoms with E-state index >= 15 is 0 Å². The summed E-state index contributed by atoms with van der Waals surface area (Å²) in [5, 5.41) is 30.6. The first kappa shape index (κ1) is 104. The number of nitro benzene ring substituents is 2. The Bertz CT molecular complexity index is 6050. The van der Waals surface area contributed by atoms with E-state index in [1.807, 2.05) is 53.7 Å². The number of nitrogens with zero attached hydrogens (tertiary/aromatic N) is 6. The van der Waals surface area contributed by atoms with Gasteiger partial charge in [0.25, 0.3) is 42.1 Å². The molecule has 6 heterocycles. The van der Waals surface area contributed by atoms with Crippen LogP contribution in [0.5, 0.6) is 5.75 Å². The van der Waals surface area contributed by atoms with Gasteiger partial charge in [0.2, 0.25) is 40.1 Å². The molecule has 0 saturated carbocycles. The Hall–Kier alpha value is -9.85. The van der Waals surface area contributed by atoms with Crippen molar-refractivity contribution < 1.29 is 104 Å². The van der Waals surface area contributed by atoms with E-state index in [0.29, 0.717) is 55.9 Å². The van der Waals surface area contributed by atoms with Gasteiger partial charge in [0.15, 0.2) is 5.75 Å². The summed E-state index contributed by atoms with van der Waals surface area (Å²) in [6, 6.07) is 22.6. The van der Waals surface area contributed by atoms with Crippen molar-refractivity contribution in [2.45, 2.75) is 148 Å². The first-order chi connectivity index (χ1) is 57.5. The second kappa shape index (κ2) is 45.2. The van der Waals surface area contributed by atoms with Gasteiger partial charge in [-0.2, -0.15) is 55.6 Å². The van der Waals surface area contributed by atoms with E-state index in [-0.39, 0.29) is 133 Å². The van der Waals surface area contributed by atoms with Crippen molar-refractivity contribution in [2.75, 3.05) is 68.2 Å². The lowest BCUT2D eigenvalue weighted by atomic mass is 9.79. The third-order valence-corrected chi connectivity index (χ3v) is 30.2. The van der Waals surface area contributed by atoms with Crippen LogP contribution in [-0.2, 0) is 92.2 Å². The van der Waals surface area contributed by atoms with Crippen molar-refractivity contribution >= 4 is 188 Å². The van der Waals surface area contributed by atoms with Gasteiger partial charge in [0, 0.05) is 78.6 Å². The van der Waals surface area contributed by atoms with Crippen LogP contribution in [0.15, 0.2) is 151 Å². The zero-order chi connectivity index (χ0) is 92.8. The van der Waals surface area contributed by atoms with Gasteiger partial charge in [-0.15, -0.1) is 0 Å². The molecule has 5 fully saturated rings. The van der Waals surface area contributed by atoms with Gasteiger partial charge < -0.3 is 35.6 Å². The molecule has 5 aliphatic rings. The number of nitro groups is 2. The van der Waals surface area contributed by atoms with Crippen LogP contribution in [0, 0.1) is 32.6 Å². The van der Waals surface area contributed by atoms with Crippen molar-refractivity contribution in [3.05, 3.63) is 201 Å². The molecule has 5 aliphatic heterocycles. The maximum Gasteiger partial charge on any atom is 0.373 e. The number of furan rings is 1. The summed E-state index contributed by atoms with van der Waals surface area (Å²) in [7, 11) is -12.2. The standard InChI is InChI=1S/C25H28ClN3O6S.C16H17ClN2O5S.C11H13ClN2O4S.C11H15ClN2O2S.C6H3Cl2NO4S.4CO2/c1-14-5-4-10-29(14)36(32,33)16-7-8-17(26)18(11-16)27-20-21(23(31)22(20)30)28-24(25(3)12-34-13-25)19-9-6-15(2)35-19;1-9-4-3-7-19(9)25(22,23)10-5-6-11(17)12(8-10)18-13-14(20)15(21)16(13)24-2;1-8-3-2-6-13(8)19(17,18)9-4-5-10(12)11(7-9)14(15)16;1-8-3-2-6-14(8)17(15,16)9-4-5-10(12)11(13)7-9;7-5-2-1-4(14(8,12)13)3-6(5)9(10)11;4*2-1-3/h6-9,11,14,24,27-28H,4-5,10,12-13H2,1-3H3;5-6,8-9,18H,3-4,7H2,1-2H3;4-5,7-8H,2-3,6H2,1H3;4-5,7-8H,2-3,6,13H2,1H3;1-3H;;;;/t14-,24?;9-;2*8-;;;;;/m1111...../s1. The largest absolute Gasteiger partial charge is 0.491 e. The average molecular weight is 1930 g/mol. The molecular formula is C73H76Cl6N10O29S5. The molecule has 8 aromatic rings. The van der Waals surface area contributed by atoms with Crippen LogP contribution >= 0.6 is 68.7 Å². The Labute approximate surface area is 731 Å². The van der Waals surface area contributed by atoms with Crippen LogP contribution in [-0.4, -0.2) is 164 Å². The Morgan fingerprint density at radius 2 is 0.797 bits per heavy atom. The smallest absolute Gasteiger partial charge is 0.373 e. The quantitative estimate of drug-likeness (QED) is 0.0181. The lowest BCUT2D eigenvalue weighted by molar-refractivity contribution is -0.385. The molecule has 0 spiro atoms. The summed E-state index contributed by atoms with van der Waals surface area (Å²) in [6.45, 7) is 14.2. The first-order valence-electron chi connectivity index (χ1n) is 35.7. The molecule has 0 amide bonds. The Balaban J connectivity index is 0.000000274. The number of nitrogens with one attached hydrogen (secondary N) is 3. The molecular weight excluding hydrogens is 1850 g/mol. The van der Waals surface area contributed by atoms with Gasteiger partial charge in [0.1, 0.15) is 38.6 Å². The molecule has 664 valence electrons. The highest BCUT2D eigenvalue weighted by molar-refractivity contribution is 8.13. The fraction of sp³-hybridized carbons (Fsp3) is 0.370. The predicted octanol–water partition coefficient (Wildman–Crippen LogP) is 10.2. The van der Waals surface area contributed by atoms with E-state index in [1.54, 1.807) is 0 Å². The van der Waals surface area contributed by atoms with Gasteiger partial charge in [-0.25, -0.2) is 42.1 Å². The number of rotatable bonds is 20. The van der Waals surface area contributed by atoms with E-state index in [0.717, 1.165) is 81.4 Å². The van der Waals surface area contributed by atoms with Crippen LogP contribution in [0.1, 0.15) is 104 Å². The number of halogens is 6. The zero-order valence-electron chi connectivity index (χ0n) is 65.5. The molecule has 13 rings (SSSR count). The molecule has 5 saturated heterocycles. The highest BCUT2D eigenvalue weighted by Gasteiger charge is 2.46. The number of sulfonamides is 4. The molecule has 5 atom stereocenters. The maximum absolute atomic E-state index is 13.2. The Morgan fingerprint density at radius 3 is 1.11 bits per heavy atom. The summed E-state index contributed by atoms with van der Waals surface area (Å²) in [5.74, 6) is 1.26. The van der Waals surface area contributed by atoms with Crippen molar-refractivity contribution in [3.63, 3.8) is 0 Å². The molecule has 123 heavy (non-hydrogen) atoms. The Kier molecular flexibility index (Phi) is 38.1. The molecule has 1 aromatic heterocycles. The number of hydrogen-bond donors (Lipinski definition) is 4. The summed E-state index contributed by atoms with van der Waals surface area (Å²) < 4.78 is 145. The molecule has 5 N–H and O–H groups in total. The topological polar surface area (TPSA) is 568 Å². The maximum atomic E-state index is 13.2. The number of methoxy groups -OCH3 is 1. The molecule has 0 aliphatic carbocycles. The monoisotopic (exact) mass is 1930 g/mol. The number of hydrogen-bond acceptors (Lipinski definition) is 33. The van der Waals surface area contributed by atoms with Crippen LogP contribution in [0.3, 0.4) is 0 Å². The summed E-state index contributed by atoms with van der Waals surface area (Å²) in [6.07, 6.45) is 7.66. The number of benzene rings is 5. The summed E-state index contributed by atoms with van der Waals surface area (Å²) >= 11 is 29.4. The SMILES string of the molecule is COc1c(Nc2cc(S(=O)(=O)N3CCC[C@H]3C)ccc2Cl)c(=O)c1=O.C[C@@H]1CCCN1S(=O)(=O)c1ccc(Cl)c(N)c1.C[C@@H]1CCCN1S(=O)(=O)c1ccc(Cl)c([N+](=O)[O-])c1.Cc1ccc(C(Nc2c(Nc3cc(S(=O)(=O)N4CCC[C@H]4C)ccc3Cl)c(=O)c2=O)C2(C)COC2)o1.O=C=O.O=C=O.O=C=O.O=C=O.O=[N+]([O-])c1cc(S(=O)(=O)Cl)ccc1Cl. The van der Waals surface area contributed by atoms with E-state index in [4.69, 9.17) is 127 Å². The molecule has 0 bridgehead atoms. The number of ether oxygens (including phenoxy) is 2. The highest BCUT2D eigenvalue weighted by Crippen LogP contribution is 2.45. The van der Waals surface area contributed by atoms with Crippen molar-refractivity contribution in [1.29, 1.82) is 0 Å². The third-order valence-electron chi connectivity index (χ3n) is 19.1. The van der Waals surface area contributed by atoms with Crippen LogP contribution < -0.4 is 48.1 Å². The van der Waals surface area contributed by atoms with E-state index < -0.39 is 98.1 Å². The van der Waals surface area contributed by atoms with Gasteiger partial charge >= 0.3 is 24.6 Å². The second-order valence-electron chi connectivity index (χ2n) is 27.3. The van der Waals surface area contributed by atoms with Gasteiger partial charge in [-0.05, 0) is 177 Å². The second-order valence-corrected chi connectivity index (χ2v) is 39.5. The van der Waals surface area contributed by atoms with Gasteiger partial charge in [-0.3, -0.25) is 39.4 Å². The molecule has 1 unspecified atom stereocenters. The van der Waals surface area contributed by atoms with Gasteiger partial charge in [0.05, 0.1) is 92.8 Å². The minimum Gasteiger partial charge on any atom is -0.491 e. The molecule has 7 aromatic carbocycles. The average Bonchev–Trinajstić information content (AvgIpc) is 1.73. The van der Waals surface area contributed by atoms with E-state index in [9.17, 15) is 81.5 Å². The number of anilines is 6. The van der Waals surface area contributed by atoms with Crippen LogP contribution in [0.25, 0.3) is 0 Å². The zero-order valence-corrected chi connectivity index (χ0v) is 74.1. The van der Waals surface area contributed by atoms with Crippen molar-refractivity contribution in [1.82, 2.24) is 17.2 Å². The normalized spacial score (nSPS) is 17.6. The predicted molar refractivity (Wildman–Crippen MR) is 443 cm³/mol. The Morgan fingerprint density at radius 1 is 0.480 bits per heavy atom. The fourth-order valence-corrected chi connectivity index (χ4v) is 21.4. The van der Waals surface area contributed by atoms with Gasteiger partial charge in [-0.1, -0.05) is 64.9 Å². The number of carbonyl (C=O) groups excluding carboxylic acids is 8. The number of aryl methyl sites for hydroxylation is 1. The summed E-state index contributed by atoms with van der Waals surface area (Å²) in [5.41, 5.74) is 2.41. The first-order valence-corrected chi connectivity index (χ1v) is 45.7. The van der Waals surface area contributed by atoms with E-state index in [1.165, 1.54) is 91.1 Å². The lowest BCUT2D eigenvalue weighted by Gasteiger charge is -2.44. The molecule has 39 nitrogen and oxygen atoms in total. The molecule has 50 heteroatoms. The van der Waals surface area contributed by atoms with Crippen LogP contribution in [0.2, 0.25) is 25.1 Å². The number of nitrogen functional groups attached to an aromatic ring is 1. The van der Waals surface area contributed by atoms with Crippen LogP contribution in [0.4, 0.5) is 45.5 Å². The van der Waals surface area contributed by atoms with E-state index in [2.05, 4.69) is 16.0 Å². The molecule has 0 radical (unpaired) electrons. The minimum absolute atomic E-state index is 0.0292. The minimum atomic E-state index is -3.97. The third kappa shape index (κ3) is 25.7. The van der Waals surface area contributed by atoms with Crippen molar-refractivity contribution in [2.24, 2.45) is 5.41 Å². The fourth-order valence-electron chi connectivity index (χ4n) is 12.9. The highest BCUT2D eigenvalue weighted by atomic mass is 35.7. The summed E-state index contributed by atoms with van der Waals surface area (Å²) in [4.78, 5) is 133. The lowest BCUT2D eigenvalue weighted by Crippen LogP contribution is -2.49. The van der Waals surface area contributed by atoms with Crippen molar-refractivity contribution in [3.8, 4) is 5.75 Å².